The monoisotopic (exact) mass is 203 g/mol. The van der Waals surface area contributed by atoms with Crippen LogP contribution in [0.2, 0.25) is 0 Å². The third-order valence-electron chi connectivity index (χ3n) is 1.88. The van der Waals surface area contributed by atoms with E-state index in [1.165, 1.54) is 6.42 Å². The van der Waals surface area contributed by atoms with Crippen LogP contribution < -0.4 is 0 Å². The molecule has 0 N–H and O–H groups in total. The fourth-order valence-electron chi connectivity index (χ4n) is 1.01. The van der Waals surface area contributed by atoms with Crippen LogP contribution in [0.1, 0.15) is 34.1 Å². The maximum Gasteiger partial charge on any atom is 0.259 e. The molecule has 2 nitrogen and oxygen atoms in total. The number of nitrogens with zero attached hydrogens (tertiary/aromatic N) is 1. The van der Waals surface area contributed by atoms with E-state index in [2.05, 4.69) is 25.7 Å². The molecule has 13 heavy (non-hydrogen) atoms. The predicted molar refractivity (Wildman–Crippen MR) is 60.9 cm³/mol. The van der Waals surface area contributed by atoms with E-state index in [4.69, 9.17) is 17.0 Å². The molecule has 0 unspecified atom stereocenters. The topological polar surface area (TPSA) is 12.5 Å². The van der Waals surface area contributed by atoms with Gasteiger partial charge in [0, 0.05) is 13.1 Å². The summed E-state index contributed by atoms with van der Waals surface area (Å²) in [7, 11) is 0. The third kappa shape index (κ3) is 5.86. The third-order valence-corrected chi connectivity index (χ3v) is 2.26. The zero-order valence-corrected chi connectivity index (χ0v) is 9.99. The minimum Gasteiger partial charge on any atom is -0.471 e. The van der Waals surface area contributed by atoms with Crippen LogP contribution in [0, 0.1) is 5.92 Å². The van der Waals surface area contributed by atoms with Gasteiger partial charge in [-0.15, -0.1) is 0 Å². The second-order valence-corrected chi connectivity index (χ2v) is 3.81. The summed E-state index contributed by atoms with van der Waals surface area (Å²) in [6.45, 7) is 11.1. The van der Waals surface area contributed by atoms with Crippen LogP contribution in [0.25, 0.3) is 0 Å². The minimum absolute atomic E-state index is 0.644. The van der Waals surface area contributed by atoms with E-state index < -0.39 is 0 Å². The first-order chi connectivity index (χ1) is 6.11. The molecular weight excluding hydrogens is 182 g/mol. The van der Waals surface area contributed by atoms with Gasteiger partial charge in [-0.1, -0.05) is 13.8 Å². The lowest BCUT2D eigenvalue weighted by molar-refractivity contribution is 0.253. The van der Waals surface area contributed by atoms with E-state index in [-0.39, 0.29) is 0 Å². The van der Waals surface area contributed by atoms with E-state index in [9.17, 15) is 0 Å². The van der Waals surface area contributed by atoms with Gasteiger partial charge in [0.1, 0.15) is 0 Å². The summed E-state index contributed by atoms with van der Waals surface area (Å²) in [4.78, 5) is 2.11. The first-order valence-corrected chi connectivity index (χ1v) is 5.44. The molecule has 78 valence electrons. The Kier molecular flexibility index (Phi) is 6.96. The Balaban J connectivity index is 3.80. The van der Waals surface area contributed by atoms with Gasteiger partial charge in [-0.25, -0.2) is 0 Å². The highest BCUT2D eigenvalue weighted by molar-refractivity contribution is 7.80. The van der Waals surface area contributed by atoms with Crippen molar-refractivity contribution < 1.29 is 4.74 Å². The fourth-order valence-corrected chi connectivity index (χ4v) is 1.35. The lowest BCUT2D eigenvalue weighted by Gasteiger charge is -2.23. The van der Waals surface area contributed by atoms with Gasteiger partial charge >= 0.3 is 0 Å². The summed E-state index contributed by atoms with van der Waals surface area (Å²) < 4.78 is 5.28. The van der Waals surface area contributed by atoms with E-state index >= 15 is 0 Å². The molecule has 0 aliphatic carbocycles. The maximum atomic E-state index is 5.28. The summed E-state index contributed by atoms with van der Waals surface area (Å²) in [5, 5.41) is 0.644. The summed E-state index contributed by atoms with van der Waals surface area (Å²) in [6, 6.07) is 0. The molecule has 0 saturated heterocycles. The summed E-state index contributed by atoms with van der Waals surface area (Å²) in [6.07, 6.45) is 1.17. The Bertz CT molecular complexity index is 148. The van der Waals surface area contributed by atoms with Gasteiger partial charge < -0.3 is 9.64 Å². The molecule has 0 radical (unpaired) electrons. The molecular formula is C10H21NOS. The van der Waals surface area contributed by atoms with Crippen molar-refractivity contribution in [2.45, 2.75) is 34.1 Å². The summed E-state index contributed by atoms with van der Waals surface area (Å²) >= 11 is 5.13. The van der Waals surface area contributed by atoms with Gasteiger partial charge in [0.25, 0.3) is 5.17 Å². The zero-order chi connectivity index (χ0) is 10.3. The zero-order valence-electron chi connectivity index (χ0n) is 9.17. The number of thiocarbonyl (C=S) groups is 1. The quantitative estimate of drug-likeness (QED) is 0.637. The predicted octanol–water partition coefficient (Wildman–Crippen LogP) is 2.68. The Morgan fingerprint density at radius 3 is 2.38 bits per heavy atom. The van der Waals surface area contributed by atoms with Crippen molar-refractivity contribution in [1.29, 1.82) is 0 Å². The first kappa shape index (κ1) is 12.7. The van der Waals surface area contributed by atoms with E-state index in [0.717, 1.165) is 19.0 Å². The van der Waals surface area contributed by atoms with Crippen LogP contribution in [0.4, 0.5) is 0 Å². The average Bonchev–Trinajstić information content (AvgIpc) is 2.05. The van der Waals surface area contributed by atoms with Gasteiger partial charge in [0.15, 0.2) is 0 Å². The maximum absolute atomic E-state index is 5.28. The molecule has 0 aliphatic rings. The Hall–Kier alpha value is -0.310. The van der Waals surface area contributed by atoms with Gasteiger partial charge in [-0.2, -0.15) is 0 Å². The van der Waals surface area contributed by atoms with Crippen molar-refractivity contribution in [3.8, 4) is 0 Å². The smallest absolute Gasteiger partial charge is 0.259 e. The Morgan fingerprint density at radius 1 is 1.38 bits per heavy atom. The lowest BCUT2D eigenvalue weighted by Crippen LogP contribution is -2.32. The molecule has 0 spiro atoms. The van der Waals surface area contributed by atoms with Crippen molar-refractivity contribution in [2.75, 3.05) is 19.7 Å². The second kappa shape index (κ2) is 7.13. The summed E-state index contributed by atoms with van der Waals surface area (Å²) in [5.74, 6) is 0.721. The van der Waals surface area contributed by atoms with Gasteiger partial charge in [0.2, 0.25) is 0 Å². The highest BCUT2D eigenvalue weighted by Gasteiger charge is 2.08. The van der Waals surface area contributed by atoms with Crippen LogP contribution in [0.15, 0.2) is 0 Å². The number of rotatable bonds is 5. The highest BCUT2D eigenvalue weighted by atomic mass is 32.1. The van der Waals surface area contributed by atoms with Crippen LogP contribution >= 0.6 is 12.2 Å². The van der Waals surface area contributed by atoms with E-state index in [0.29, 0.717) is 11.8 Å². The molecule has 0 heterocycles. The molecule has 3 heteroatoms. The number of hydrogen-bond acceptors (Lipinski definition) is 2. The van der Waals surface area contributed by atoms with Crippen LogP contribution in [-0.2, 0) is 4.74 Å². The number of ether oxygens (including phenoxy) is 1. The molecule has 0 rings (SSSR count). The van der Waals surface area contributed by atoms with Crippen molar-refractivity contribution >= 4 is 17.4 Å². The van der Waals surface area contributed by atoms with Crippen LogP contribution in [-0.4, -0.2) is 29.8 Å². The average molecular weight is 203 g/mol. The van der Waals surface area contributed by atoms with Gasteiger partial charge in [-0.05, 0) is 38.4 Å². The lowest BCUT2D eigenvalue weighted by atomic mass is 10.1. The Labute approximate surface area is 87.3 Å². The van der Waals surface area contributed by atoms with E-state index in [1.807, 2.05) is 6.92 Å². The molecule has 0 aromatic carbocycles. The SMILES string of the molecule is CCOC(=S)N(CC)CCC(C)C. The van der Waals surface area contributed by atoms with Gasteiger partial charge in [-0.3, -0.25) is 0 Å². The molecule has 0 fully saturated rings. The molecule has 0 aromatic heterocycles. The molecule has 0 atom stereocenters. The van der Waals surface area contributed by atoms with Crippen molar-refractivity contribution in [3.63, 3.8) is 0 Å². The van der Waals surface area contributed by atoms with Crippen LogP contribution in [0.5, 0.6) is 0 Å². The molecule has 0 saturated carbocycles. The van der Waals surface area contributed by atoms with Gasteiger partial charge in [0.05, 0.1) is 6.61 Å². The van der Waals surface area contributed by atoms with Crippen molar-refractivity contribution in [3.05, 3.63) is 0 Å². The van der Waals surface area contributed by atoms with Crippen LogP contribution in [0.3, 0.4) is 0 Å². The standard InChI is InChI=1S/C10H21NOS/c1-5-11(8-7-9(3)4)10(13)12-6-2/h9H,5-8H2,1-4H3. The highest BCUT2D eigenvalue weighted by Crippen LogP contribution is 2.03. The van der Waals surface area contributed by atoms with Crippen molar-refractivity contribution in [2.24, 2.45) is 5.92 Å². The molecule has 0 aliphatic heterocycles. The van der Waals surface area contributed by atoms with Crippen molar-refractivity contribution in [1.82, 2.24) is 4.90 Å². The minimum atomic E-state index is 0.644. The van der Waals surface area contributed by atoms with E-state index in [1.54, 1.807) is 0 Å². The fraction of sp³-hybridized carbons (Fsp3) is 0.900. The normalized spacial score (nSPS) is 10.2. The molecule has 0 aromatic rings. The summed E-state index contributed by atoms with van der Waals surface area (Å²) in [5.41, 5.74) is 0. The number of hydrogen-bond donors (Lipinski definition) is 0. The first-order valence-electron chi connectivity index (χ1n) is 5.03. The molecule has 0 amide bonds. The molecule has 0 bridgehead atoms. The largest absolute Gasteiger partial charge is 0.471 e. The Morgan fingerprint density at radius 2 is 2.00 bits per heavy atom. The second-order valence-electron chi connectivity index (χ2n) is 3.46.